The van der Waals surface area contributed by atoms with Crippen molar-refractivity contribution in [3.05, 3.63) is 52.8 Å². The Morgan fingerprint density at radius 1 is 1.12 bits per heavy atom. The number of carbonyl (C=O) groups excluding carboxylic acids is 1. The zero-order chi connectivity index (χ0) is 17.4. The third-order valence-corrected chi connectivity index (χ3v) is 3.52. The molecule has 0 aliphatic rings. The highest BCUT2D eigenvalue weighted by molar-refractivity contribution is 6.29. The van der Waals surface area contributed by atoms with Crippen LogP contribution in [0, 0.1) is 0 Å². The van der Waals surface area contributed by atoms with E-state index in [2.05, 4.69) is 10.3 Å². The predicted molar refractivity (Wildman–Crippen MR) is 94.1 cm³/mol. The molecule has 1 amide bonds. The molecule has 0 unspecified atom stereocenters. The van der Waals surface area contributed by atoms with Gasteiger partial charge in [0.25, 0.3) is 5.91 Å². The van der Waals surface area contributed by atoms with Gasteiger partial charge in [-0.15, -0.1) is 0 Å². The summed E-state index contributed by atoms with van der Waals surface area (Å²) in [6.07, 6.45) is 2.15. The van der Waals surface area contributed by atoms with Gasteiger partial charge in [0.1, 0.15) is 5.15 Å². The minimum Gasteiger partial charge on any atom is -0.490 e. The lowest BCUT2D eigenvalue weighted by Gasteiger charge is -2.12. The normalized spacial score (nSPS) is 10.3. The van der Waals surface area contributed by atoms with Crippen LogP contribution in [0.1, 0.15) is 29.8 Å². The van der Waals surface area contributed by atoms with Gasteiger partial charge < -0.3 is 14.8 Å². The number of ether oxygens (including phenoxy) is 2. The van der Waals surface area contributed by atoms with Crippen molar-refractivity contribution in [2.45, 2.75) is 20.3 Å². The van der Waals surface area contributed by atoms with Crippen molar-refractivity contribution in [1.29, 1.82) is 0 Å². The predicted octanol–water partition coefficient (Wildman–Crippen LogP) is 3.50. The molecule has 0 saturated carbocycles. The second-order valence-electron chi connectivity index (χ2n) is 5.02. The van der Waals surface area contributed by atoms with Crippen LogP contribution < -0.4 is 14.8 Å². The Bertz CT molecular complexity index is 674. The zero-order valence-electron chi connectivity index (χ0n) is 13.8. The first-order valence-corrected chi connectivity index (χ1v) is 8.30. The fourth-order valence-electron chi connectivity index (χ4n) is 2.18. The molecular weight excluding hydrogens is 328 g/mol. The van der Waals surface area contributed by atoms with E-state index in [9.17, 15) is 4.79 Å². The van der Waals surface area contributed by atoms with E-state index >= 15 is 0 Å². The first-order valence-electron chi connectivity index (χ1n) is 7.92. The van der Waals surface area contributed by atoms with Crippen molar-refractivity contribution in [2.24, 2.45) is 0 Å². The van der Waals surface area contributed by atoms with Gasteiger partial charge in [0.15, 0.2) is 11.5 Å². The molecule has 1 aromatic heterocycles. The Kier molecular flexibility index (Phi) is 6.88. The van der Waals surface area contributed by atoms with Crippen molar-refractivity contribution < 1.29 is 14.3 Å². The van der Waals surface area contributed by atoms with E-state index in [0.29, 0.717) is 36.9 Å². The van der Waals surface area contributed by atoms with E-state index < -0.39 is 0 Å². The Morgan fingerprint density at radius 2 is 1.88 bits per heavy atom. The van der Waals surface area contributed by atoms with Gasteiger partial charge in [-0.3, -0.25) is 4.79 Å². The topological polar surface area (TPSA) is 60.5 Å². The van der Waals surface area contributed by atoms with Crippen molar-refractivity contribution in [3.8, 4) is 11.5 Å². The molecule has 0 fully saturated rings. The first-order chi connectivity index (χ1) is 11.6. The maximum absolute atomic E-state index is 12.0. The van der Waals surface area contributed by atoms with E-state index in [-0.39, 0.29) is 5.91 Å². The summed E-state index contributed by atoms with van der Waals surface area (Å²) in [7, 11) is 0. The summed E-state index contributed by atoms with van der Waals surface area (Å²) < 4.78 is 11.1. The average molecular weight is 349 g/mol. The van der Waals surface area contributed by atoms with Gasteiger partial charge in [-0.25, -0.2) is 4.98 Å². The number of nitrogens with one attached hydrogen (secondary N) is 1. The number of hydrogen-bond donors (Lipinski definition) is 1. The van der Waals surface area contributed by atoms with Gasteiger partial charge in [0, 0.05) is 12.7 Å². The minimum atomic E-state index is -0.171. The zero-order valence-corrected chi connectivity index (χ0v) is 14.6. The molecule has 0 atom stereocenters. The van der Waals surface area contributed by atoms with E-state index in [1.54, 1.807) is 12.1 Å². The lowest BCUT2D eigenvalue weighted by molar-refractivity contribution is 0.0954. The van der Waals surface area contributed by atoms with Crippen LogP contribution >= 0.6 is 11.6 Å². The summed E-state index contributed by atoms with van der Waals surface area (Å²) in [5, 5.41) is 3.23. The van der Waals surface area contributed by atoms with Gasteiger partial charge in [0.05, 0.1) is 18.8 Å². The summed E-state index contributed by atoms with van der Waals surface area (Å²) in [4.78, 5) is 15.9. The maximum atomic E-state index is 12.0. The van der Waals surface area contributed by atoms with Crippen LogP contribution in [0.4, 0.5) is 0 Å². The van der Waals surface area contributed by atoms with Crippen LogP contribution in [-0.2, 0) is 6.42 Å². The average Bonchev–Trinajstić information content (AvgIpc) is 2.58. The van der Waals surface area contributed by atoms with Crippen LogP contribution in [0.25, 0.3) is 0 Å². The van der Waals surface area contributed by atoms with Crippen LogP contribution in [0.5, 0.6) is 11.5 Å². The SMILES string of the molecule is CCOc1ccc(CCNC(=O)c2ccc(Cl)nc2)cc1OCC. The number of pyridine rings is 1. The van der Waals surface area contributed by atoms with Gasteiger partial charge in [-0.2, -0.15) is 0 Å². The fraction of sp³-hybridized carbons (Fsp3) is 0.333. The number of amides is 1. The number of benzene rings is 1. The van der Waals surface area contributed by atoms with Crippen molar-refractivity contribution in [2.75, 3.05) is 19.8 Å². The number of halogens is 1. The summed E-state index contributed by atoms with van der Waals surface area (Å²) in [6.45, 7) is 5.54. The molecule has 1 heterocycles. The number of nitrogens with zero attached hydrogens (tertiary/aromatic N) is 1. The molecule has 0 radical (unpaired) electrons. The number of carbonyl (C=O) groups is 1. The third-order valence-electron chi connectivity index (χ3n) is 3.30. The van der Waals surface area contributed by atoms with Crippen molar-refractivity contribution in [3.63, 3.8) is 0 Å². The second kappa shape index (κ2) is 9.13. The minimum absolute atomic E-state index is 0.171. The molecule has 128 valence electrons. The highest BCUT2D eigenvalue weighted by Gasteiger charge is 2.08. The Morgan fingerprint density at radius 3 is 2.54 bits per heavy atom. The van der Waals surface area contributed by atoms with Crippen molar-refractivity contribution >= 4 is 17.5 Å². The standard InChI is InChI=1S/C18H21ClN2O3/c1-3-23-15-7-5-13(11-16(15)24-4-2)9-10-20-18(22)14-6-8-17(19)21-12-14/h5-8,11-12H,3-4,9-10H2,1-2H3,(H,20,22). The molecule has 1 N–H and O–H groups in total. The molecule has 5 nitrogen and oxygen atoms in total. The van der Waals surface area contributed by atoms with Crippen LogP contribution in [0.3, 0.4) is 0 Å². The third kappa shape index (κ3) is 5.13. The molecule has 2 rings (SSSR count). The molecule has 0 spiro atoms. The lowest BCUT2D eigenvalue weighted by Crippen LogP contribution is -2.25. The van der Waals surface area contributed by atoms with Crippen molar-refractivity contribution in [1.82, 2.24) is 10.3 Å². The largest absolute Gasteiger partial charge is 0.490 e. The summed E-state index contributed by atoms with van der Waals surface area (Å²) in [5.74, 6) is 1.29. The summed E-state index contributed by atoms with van der Waals surface area (Å²) in [5.41, 5.74) is 1.55. The Labute approximate surface area is 147 Å². The molecule has 0 saturated heterocycles. The van der Waals surface area contributed by atoms with Gasteiger partial charge >= 0.3 is 0 Å². The van der Waals surface area contributed by atoms with E-state index in [1.165, 1.54) is 6.20 Å². The molecule has 0 bridgehead atoms. The summed E-state index contributed by atoms with van der Waals surface area (Å²) >= 11 is 5.71. The lowest BCUT2D eigenvalue weighted by atomic mass is 10.1. The molecular formula is C18H21ClN2O3. The molecule has 0 aliphatic heterocycles. The smallest absolute Gasteiger partial charge is 0.252 e. The van der Waals surface area contributed by atoms with E-state index in [4.69, 9.17) is 21.1 Å². The van der Waals surface area contributed by atoms with Crippen LogP contribution in [-0.4, -0.2) is 30.6 Å². The Hall–Kier alpha value is -2.27. The fourth-order valence-corrected chi connectivity index (χ4v) is 2.30. The number of hydrogen-bond acceptors (Lipinski definition) is 4. The maximum Gasteiger partial charge on any atom is 0.252 e. The van der Waals surface area contributed by atoms with Gasteiger partial charge in [-0.05, 0) is 50.1 Å². The molecule has 6 heteroatoms. The molecule has 0 aliphatic carbocycles. The quantitative estimate of drug-likeness (QED) is 0.742. The number of rotatable bonds is 8. The first kappa shape index (κ1) is 18.1. The number of aromatic nitrogens is 1. The van der Waals surface area contributed by atoms with E-state index in [0.717, 1.165) is 17.1 Å². The van der Waals surface area contributed by atoms with Crippen LogP contribution in [0.2, 0.25) is 5.15 Å². The molecule has 1 aromatic carbocycles. The molecule has 2 aromatic rings. The molecule has 24 heavy (non-hydrogen) atoms. The highest BCUT2D eigenvalue weighted by Crippen LogP contribution is 2.28. The van der Waals surface area contributed by atoms with Crippen LogP contribution in [0.15, 0.2) is 36.5 Å². The monoisotopic (exact) mass is 348 g/mol. The highest BCUT2D eigenvalue weighted by atomic mass is 35.5. The van der Waals surface area contributed by atoms with Gasteiger partial charge in [0.2, 0.25) is 0 Å². The van der Waals surface area contributed by atoms with Gasteiger partial charge in [-0.1, -0.05) is 17.7 Å². The Balaban J connectivity index is 1.92. The second-order valence-corrected chi connectivity index (χ2v) is 5.41. The van der Waals surface area contributed by atoms with E-state index in [1.807, 2.05) is 32.0 Å². The summed E-state index contributed by atoms with van der Waals surface area (Å²) in [6, 6.07) is 9.06.